The summed E-state index contributed by atoms with van der Waals surface area (Å²) >= 11 is 0. The summed E-state index contributed by atoms with van der Waals surface area (Å²) in [5, 5.41) is 9.10. The van der Waals surface area contributed by atoms with Crippen molar-refractivity contribution < 1.29 is 19.0 Å². The summed E-state index contributed by atoms with van der Waals surface area (Å²) in [6.45, 7) is -0.268. The molecule has 0 radical (unpaired) electrons. The lowest BCUT2D eigenvalue weighted by Crippen LogP contribution is -2.09. The molecule has 2 aromatic carbocycles. The smallest absolute Gasteiger partial charge is 0.338 e. The molecule has 19 heavy (non-hydrogen) atoms. The van der Waals surface area contributed by atoms with Crippen molar-refractivity contribution >= 4 is 5.97 Å². The average Bonchev–Trinajstić information content (AvgIpc) is 2.45. The van der Waals surface area contributed by atoms with Crippen molar-refractivity contribution in [1.29, 1.82) is 0 Å². The van der Waals surface area contributed by atoms with E-state index in [4.69, 9.17) is 9.84 Å². The van der Waals surface area contributed by atoms with Gasteiger partial charge in [-0.05, 0) is 29.3 Å². The van der Waals surface area contributed by atoms with Crippen LogP contribution in [0.3, 0.4) is 0 Å². The van der Waals surface area contributed by atoms with Gasteiger partial charge in [0.25, 0.3) is 0 Å². The Balaban J connectivity index is 2.08. The number of rotatable bonds is 4. The fourth-order valence-corrected chi connectivity index (χ4v) is 1.69. The number of ether oxygens (including phenoxy) is 1. The topological polar surface area (TPSA) is 46.5 Å². The summed E-state index contributed by atoms with van der Waals surface area (Å²) in [6.07, 6.45) is 0. The zero-order valence-corrected chi connectivity index (χ0v) is 10.2. The lowest BCUT2D eigenvalue weighted by molar-refractivity contribution is 0.0469. The molecule has 1 N–H and O–H groups in total. The van der Waals surface area contributed by atoms with Gasteiger partial charge >= 0.3 is 5.97 Å². The van der Waals surface area contributed by atoms with Crippen molar-refractivity contribution in [1.82, 2.24) is 0 Å². The second-order valence-electron chi connectivity index (χ2n) is 4.02. The molecule has 0 aliphatic heterocycles. The Morgan fingerprint density at radius 2 is 1.89 bits per heavy atom. The minimum Gasteiger partial charge on any atom is -0.457 e. The van der Waals surface area contributed by atoms with Crippen LogP contribution in [0.2, 0.25) is 0 Å². The van der Waals surface area contributed by atoms with E-state index in [9.17, 15) is 9.18 Å². The first kappa shape index (κ1) is 13.2. The Hall–Kier alpha value is -2.20. The van der Waals surface area contributed by atoms with Gasteiger partial charge in [-0.15, -0.1) is 0 Å². The number of carbonyl (C=O) groups excluding carboxylic acids is 1. The van der Waals surface area contributed by atoms with E-state index in [0.717, 1.165) is 17.7 Å². The van der Waals surface area contributed by atoms with Gasteiger partial charge in [-0.3, -0.25) is 0 Å². The van der Waals surface area contributed by atoms with Gasteiger partial charge in [0.15, 0.2) is 0 Å². The van der Waals surface area contributed by atoms with Gasteiger partial charge in [0.1, 0.15) is 12.4 Å². The first-order chi connectivity index (χ1) is 9.20. The van der Waals surface area contributed by atoms with Crippen LogP contribution in [0.5, 0.6) is 0 Å². The van der Waals surface area contributed by atoms with Crippen LogP contribution in [-0.4, -0.2) is 11.1 Å². The molecule has 3 nitrogen and oxygen atoms in total. The third-order valence-electron chi connectivity index (χ3n) is 2.67. The fourth-order valence-electron chi connectivity index (χ4n) is 1.69. The molecule has 0 spiro atoms. The van der Waals surface area contributed by atoms with Crippen LogP contribution >= 0.6 is 0 Å². The first-order valence-corrected chi connectivity index (χ1v) is 5.81. The van der Waals surface area contributed by atoms with Gasteiger partial charge in [-0.2, -0.15) is 0 Å². The van der Waals surface area contributed by atoms with Crippen LogP contribution in [0.1, 0.15) is 21.5 Å². The molecular weight excluding hydrogens is 247 g/mol. The lowest BCUT2D eigenvalue weighted by atomic mass is 10.1. The number of aliphatic hydroxyl groups is 1. The van der Waals surface area contributed by atoms with Crippen molar-refractivity contribution in [2.45, 2.75) is 13.2 Å². The minimum atomic E-state index is -0.576. The molecule has 0 saturated carbocycles. The van der Waals surface area contributed by atoms with E-state index in [1.807, 2.05) is 30.3 Å². The zero-order chi connectivity index (χ0) is 13.7. The molecule has 0 aromatic heterocycles. The number of halogens is 1. The third-order valence-corrected chi connectivity index (χ3v) is 2.67. The zero-order valence-electron chi connectivity index (χ0n) is 10.2. The number of benzene rings is 2. The maximum absolute atomic E-state index is 13.0. The van der Waals surface area contributed by atoms with E-state index in [1.165, 1.54) is 6.07 Å². The van der Waals surface area contributed by atoms with Crippen LogP contribution in [-0.2, 0) is 18.0 Å². The van der Waals surface area contributed by atoms with E-state index in [2.05, 4.69) is 0 Å². The molecule has 0 atom stereocenters. The molecule has 0 saturated heterocycles. The first-order valence-electron chi connectivity index (χ1n) is 5.81. The largest absolute Gasteiger partial charge is 0.457 e. The van der Waals surface area contributed by atoms with E-state index in [-0.39, 0.29) is 17.7 Å². The minimum absolute atomic E-state index is 0.141. The molecule has 0 aliphatic carbocycles. The fraction of sp³-hybridized carbons (Fsp3) is 0.133. The van der Waals surface area contributed by atoms with Gasteiger partial charge in [-0.25, -0.2) is 9.18 Å². The molecule has 2 rings (SSSR count). The van der Waals surface area contributed by atoms with E-state index >= 15 is 0 Å². The molecule has 0 unspecified atom stereocenters. The summed E-state index contributed by atoms with van der Waals surface area (Å²) in [5.41, 5.74) is 1.27. The van der Waals surface area contributed by atoms with Gasteiger partial charge in [0.2, 0.25) is 0 Å². The molecule has 98 valence electrons. The molecule has 0 bridgehead atoms. The van der Waals surface area contributed by atoms with Gasteiger partial charge in [0.05, 0.1) is 12.2 Å². The Morgan fingerprint density at radius 3 is 2.58 bits per heavy atom. The highest BCUT2D eigenvalue weighted by atomic mass is 19.1. The summed E-state index contributed by atoms with van der Waals surface area (Å²) in [6, 6.07) is 12.8. The Labute approximate surface area is 110 Å². The Kier molecular flexibility index (Phi) is 4.26. The van der Waals surface area contributed by atoms with Crippen LogP contribution < -0.4 is 0 Å². The highest BCUT2D eigenvalue weighted by Gasteiger charge is 2.13. The second-order valence-corrected chi connectivity index (χ2v) is 4.02. The second kappa shape index (κ2) is 6.11. The highest BCUT2D eigenvalue weighted by Crippen LogP contribution is 2.14. The lowest BCUT2D eigenvalue weighted by Gasteiger charge is -2.08. The standard InChI is InChI=1S/C15H13FO3/c16-13-6-7-14(12(8-13)9-17)15(18)19-10-11-4-2-1-3-5-11/h1-8,17H,9-10H2. The normalized spacial score (nSPS) is 10.2. The Bertz CT molecular complexity index is 567. The van der Waals surface area contributed by atoms with E-state index in [1.54, 1.807) is 0 Å². The third kappa shape index (κ3) is 3.39. The van der Waals surface area contributed by atoms with Gasteiger partial charge in [0, 0.05) is 0 Å². The van der Waals surface area contributed by atoms with Gasteiger partial charge < -0.3 is 9.84 Å². The average molecular weight is 260 g/mol. The maximum atomic E-state index is 13.0. The number of hydrogen-bond donors (Lipinski definition) is 1. The number of aliphatic hydroxyl groups excluding tert-OH is 1. The molecule has 0 aliphatic rings. The van der Waals surface area contributed by atoms with Crippen LogP contribution in [0, 0.1) is 5.82 Å². The van der Waals surface area contributed by atoms with Crippen molar-refractivity contribution in [2.24, 2.45) is 0 Å². The van der Waals surface area contributed by atoms with Crippen molar-refractivity contribution in [3.05, 3.63) is 71.0 Å². The predicted molar refractivity (Wildman–Crippen MR) is 67.9 cm³/mol. The SMILES string of the molecule is O=C(OCc1ccccc1)c1ccc(F)cc1CO. The highest BCUT2D eigenvalue weighted by molar-refractivity contribution is 5.91. The number of esters is 1. The monoisotopic (exact) mass is 260 g/mol. The maximum Gasteiger partial charge on any atom is 0.338 e. The quantitative estimate of drug-likeness (QED) is 0.860. The molecule has 0 amide bonds. The van der Waals surface area contributed by atoms with Crippen LogP contribution in [0.15, 0.2) is 48.5 Å². The predicted octanol–water partition coefficient (Wildman–Crippen LogP) is 2.68. The molecule has 4 heteroatoms. The molecule has 2 aromatic rings. The van der Waals surface area contributed by atoms with Crippen LogP contribution in [0.25, 0.3) is 0 Å². The van der Waals surface area contributed by atoms with Crippen molar-refractivity contribution in [3.63, 3.8) is 0 Å². The summed E-state index contributed by atoms with van der Waals surface area (Å²) in [7, 11) is 0. The molecule has 0 heterocycles. The van der Waals surface area contributed by atoms with Gasteiger partial charge in [-0.1, -0.05) is 30.3 Å². The van der Waals surface area contributed by atoms with E-state index in [0.29, 0.717) is 0 Å². The summed E-state index contributed by atoms with van der Waals surface area (Å²) in [5.74, 6) is -1.07. The molecular formula is C15H13FO3. The van der Waals surface area contributed by atoms with Crippen molar-refractivity contribution in [3.8, 4) is 0 Å². The number of carbonyl (C=O) groups is 1. The molecule has 0 fully saturated rings. The number of hydrogen-bond acceptors (Lipinski definition) is 3. The summed E-state index contributed by atoms with van der Waals surface area (Å²) in [4.78, 5) is 11.9. The van der Waals surface area contributed by atoms with Crippen LogP contribution in [0.4, 0.5) is 4.39 Å². The van der Waals surface area contributed by atoms with Crippen molar-refractivity contribution in [2.75, 3.05) is 0 Å². The van der Waals surface area contributed by atoms with E-state index < -0.39 is 18.4 Å². The Morgan fingerprint density at radius 1 is 1.16 bits per heavy atom. The summed E-state index contributed by atoms with van der Waals surface area (Å²) < 4.78 is 18.1.